The Balaban J connectivity index is 1.07. The van der Waals surface area contributed by atoms with E-state index in [0.717, 1.165) is 78.2 Å². The van der Waals surface area contributed by atoms with Crippen LogP contribution >= 0.6 is 0 Å². The molecule has 0 amide bonds. The van der Waals surface area contributed by atoms with Gasteiger partial charge in [0.1, 0.15) is 0 Å². The molecule has 1 aliphatic rings. The van der Waals surface area contributed by atoms with Crippen molar-refractivity contribution in [2.45, 2.75) is 19.3 Å². The van der Waals surface area contributed by atoms with Crippen LogP contribution in [0, 0.1) is 0 Å². The predicted molar refractivity (Wildman–Crippen MR) is 262 cm³/mol. The van der Waals surface area contributed by atoms with Crippen molar-refractivity contribution in [3.63, 3.8) is 0 Å². The molecule has 0 saturated heterocycles. The lowest BCUT2D eigenvalue weighted by atomic mass is 9.81. The van der Waals surface area contributed by atoms with Crippen LogP contribution in [-0.4, -0.2) is 24.5 Å². The van der Waals surface area contributed by atoms with E-state index in [1.807, 2.05) is 49.1 Å². The largest absolute Gasteiger partial charge is 0.309 e. The molecule has 0 radical (unpaired) electrons. The molecule has 0 unspecified atom stereocenters. The van der Waals surface area contributed by atoms with Gasteiger partial charge in [-0.25, -0.2) is 9.97 Å². The van der Waals surface area contributed by atoms with E-state index in [9.17, 15) is 0 Å². The van der Waals surface area contributed by atoms with Gasteiger partial charge >= 0.3 is 0 Å². The second-order valence-corrected chi connectivity index (χ2v) is 17.2. The summed E-state index contributed by atoms with van der Waals surface area (Å²) in [5.41, 5.74) is 19.9. The maximum atomic E-state index is 5.42. The number of pyridine rings is 2. The normalized spacial score (nSPS) is 12.7. The average molecular weight is 820 g/mol. The van der Waals surface area contributed by atoms with E-state index >= 15 is 0 Å². The van der Waals surface area contributed by atoms with E-state index < -0.39 is 0 Å². The molecule has 7 aromatic carbocycles. The highest BCUT2D eigenvalue weighted by atomic mass is 15.0. The number of para-hydroxylation sites is 2. The third-order valence-electron chi connectivity index (χ3n) is 13.0. The summed E-state index contributed by atoms with van der Waals surface area (Å²) in [6, 6.07) is 67.6. The van der Waals surface area contributed by atoms with Gasteiger partial charge in [-0.15, -0.1) is 0 Å². The molecule has 0 spiro atoms. The number of benzene rings is 7. The molecule has 5 nitrogen and oxygen atoms in total. The molecule has 0 fully saturated rings. The number of rotatable bonds is 7. The number of nitrogens with zero attached hydrogens (tertiary/aromatic N) is 5. The second-order valence-electron chi connectivity index (χ2n) is 17.2. The lowest BCUT2D eigenvalue weighted by molar-refractivity contribution is 0.660. The van der Waals surface area contributed by atoms with E-state index in [0.29, 0.717) is 5.82 Å². The van der Waals surface area contributed by atoms with Crippen molar-refractivity contribution in [2.24, 2.45) is 0 Å². The van der Waals surface area contributed by atoms with Crippen LogP contribution < -0.4 is 0 Å². The van der Waals surface area contributed by atoms with Crippen LogP contribution in [0.5, 0.6) is 0 Å². The van der Waals surface area contributed by atoms with Crippen LogP contribution in [0.3, 0.4) is 0 Å². The van der Waals surface area contributed by atoms with E-state index in [-0.39, 0.29) is 5.41 Å². The van der Waals surface area contributed by atoms with Gasteiger partial charge in [-0.2, -0.15) is 0 Å². The summed E-state index contributed by atoms with van der Waals surface area (Å²) in [6.45, 7) is 4.69. The van der Waals surface area contributed by atoms with Gasteiger partial charge in [-0.05, 0) is 122 Å². The van der Waals surface area contributed by atoms with E-state index in [1.165, 1.54) is 33.0 Å². The minimum absolute atomic E-state index is 0.137. The Hall–Kier alpha value is -8.28. The molecule has 1 aliphatic carbocycles. The van der Waals surface area contributed by atoms with Crippen LogP contribution in [0.25, 0.3) is 106 Å². The summed E-state index contributed by atoms with van der Waals surface area (Å²) in [6.07, 6.45) is 7.32. The van der Waals surface area contributed by atoms with Gasteiger partial charge in [-0.3, -0.25) is 9.97 Å². The summed E-state index contributed by atoms with van der Waals surface area (Å²) >= 11 is 0. The highest BCUT2D eigenvalue weighted by molar-refractivity contribution is 6.09. The fourth-order valence-electron chi connectivity index (χ4n) is 9.75. The van der Waals surface area contributed by atoms with Crippen LogP contribution in [0.1, 0.15) is 25.0 Å². The summed E-state index contributed by atoms with van der Waals surface area (Å²) in [5, 5.41) is 2.43. The summed E-state index contributed by atoms with van der Waals surface area (Å²) < 4.78 is 2.39. The van der Waals surface area contributed by atoms with Crippen LogP contribution in [0.4, 0.5) is 0 Å². The standard InChI is InChI=1S/C59H41N5/c1-59(2)52-12-6-3-9-48(52)49-24-23-44(36-53(49)59)45-33-46(35-47(34-45)64-56-13-7-4-10-50(56)51-11-5-8-14-57(51)64)58-62-54(42-19-15-38(16-20-42)40-25-29-60-30-26-40)37-55(63-58)43-21-17-39(18-22-43)41-27-31-61-32-28-41/h3-37H,1-2H3. The fourth-order valence-corrected chi connectivity index (χ4v) is 9.75. The quantitative estimate of drug-likeness (QED) is 0.161. The predicted octanol–water partition coefficient (Wildman–Crippen LogP) is 14.7. The Morgan fingerprint density at radius 1 is 0.359 bits per heavy atom. The minimum atomic E-state index is -0.137. The topological polar surface area (TPSA) is 56.5 Å². The van der Waals surface area contributed by atoms with Gasteiger partial charge in [0.25, 0.3) is 0 Å². The van der Waals surface area contributed by atoms with Crippen molar-refractivity contribution in [3.8, 4) is 84.1 Å². The Labute approximate surface area is 372 Å². The molecule has 4 aromatic heterocycles. The lowest BCUT2D eigenvalue weighted by Crippen LogP contribution is -2.14. The molecule has 5 heteroatoms. The van der Waals surface area contributed by atoms with Gasteiger partial charge in [0, 0.05) is 63.4 Å². The van der Waals surface area contributed by atoms with E-state index in [2.05, 4.69) is 192 Å². The molecule has 0 bridgehead atoms. The zero-order valence-electron chi connectivity index (χ0n) is 35.4. The minimum Gasteiger partial charge on any atom is -0.309 e. The monoisotopic (exact) mass is 819 g/mol. The molecular formula is C59H41N5. The Kier molecular flexibility index (Phi) is 8.76. The number of hydrogen-bond acceptors (Lipinski definition) is 4. The van der Waals surface area contributed by atoms with Gasteiger partial charge in [0.2, 0.25) is 0 Å². The number of hydrogen-bond donors (Lipinski definition) is 0. The van der Waals surface area contributed by atoms with Crippen molar-refractivity contribution >= 4 is 21.8 Å². The summed E-state index contributed by atoms with van der Waals surface area (Å²) in [7, 11) is 0. The first-order chi connectivity index (χ1) is 31.5. The summed E-state index contributed by atoms with van der Waals surface area (Å²) in [4.78, 5) is 19.3. The molecule has 302 valence electrons. The fraction of sp³-hybridized carbons (Fsp3) is 0.0508. The van der Waals surface area contributed by atoms with E-state index in [1.54, 1.807) is 0 Å². The summed E-state index contributed by atoms with van der Waals surface area (Å²) in [5.74, 6) is 0.654. The van der Waals surface area contributed by atoms with Crippen molar-refractivity contribution in [2.75, 3.05) is 0 Å². The van der Waals surface area contributed by atoms with Crippen molar-refractivity contribution in [1.29, 1.82) is 0 Å². The third-order valence-corrected chi connectivity index (χ3v) is 13.0. The Morgan fingerprint density at radius 3 is 1.42 bits per heavy atom. The number of aromatic nitrogens is 5. The van der Waals surface area contributed by atoms with Crippen LogP contribution in [0.15, 0.2) is 213 Å². The first-order valence-electron chi connectivity index (χ1n) is 21.8. The van der Waals surface area contributed by atoms with Gasteiger partial charge in [0.15, 0.2) is 5.82 Å². The molecule has 11 aromatic rings. The highest BCUT2D eigenvalue weighted by Gasteiger charge is 2.35. The van der Waals surface area contributed by atoms with Crippen LogP contribution in [0.2, 0.25) is 0 Å². The zero-order valence-corrected chi connectivity index (χ0v) is 35.4. The van der Waals surface area contributed by atoms with Crippen molar-refractivity contribution in [3.05, 3.63) is 224 Å². The number of fused-ring (bicyclic) bond motifs is 6. The van der Waals surface area contributed by atoms with Crippen molar-refractivity contribution in [1.82, 2.24) is 24.5 Å². The highest BCUT2D eigenvalue weighted by Crippen LogP contribution is 2.50. The third kappa shape index (κ3) is 6.32. The average Bonchev–Trinajstić information content (AvgIpc) is 3.82. The molecule has 0 aliphatic heterocycles. The Bertz CT molecular complexity index is 3400. The molecule has 12 rings (SSSR count). The molecule has 4 heterocycles. The van der Waals surface area contributed by atoms with Gasteiger partial charge in [-0.1, -0.05) is 135 Å². The smallest absolute Gasteiger partial charge is 0.160 e. The van der Waals surface area contributed by atoms with Gasteiger partial charge < -0.3 is 4.57 Å². The maximum Gasteiger partial charge on any atom is 0.160 e. The van der Waals surface area contributed by atoms with Crippen LogP contribution in [-0.2, 0) is 5.41 Å². The van der Waals surface area contributed by atoms with Gasteiger partial charge in [0.05, 0.1) is 22.4 Å². The zero-order chi connectivity index (χ0) is 42.8. The molecule has 0 N–H and O–H groups in total. The first kappa shape index (κ1) is 37.5. The molecular weight excluding hydrogens is 779 g/mol. The molecule has 64 heavy (non-hydrogen) atoms. The SMILES string of the molecule is CC1(C)c2ccccc2-c2ccc(-c3cc(-c4nc(-c5ccc(-c6ccncc6)cc5)cc(-c5ccc(-c6ccncc6)cc5)n4)cc(-n4c5ccccc5c5ccccc54)c3)cc21. The lowest BCUT2D eigenvalue weighted by Gasteiger charge is -2.22. The maximum absolute atomic E-state index is 5.42. The van der Waals surface area contributed by atoms with Crippen molar-refractivity contribution < 1.29 is 0 Å². The van der Waals surface area contributed by atoms with E-state index in [4.69, 9.17) is 9.97 Å². The second kappa shape index (κ2) is 15.0. The molecule has 0 atom stereocenters. The molecule has 0 saturated carbocycles. The first-order valence-corrected chi connectivity index (χ1v) is 21.8. The Morgan fingerprint density at radius 2 is 0.828 bits per heavy atom.